The third-order valence-corrected chi connectivity index (χ3v) is 5.30. The highest BCUT2D eigenvalue weighted by Crippen LogP contribution is 2.43. The number of methoxy groups -OCH3 is 1. The van der Waals surface area contributed by atoms with Gasteiger partial charge in [0.25, 0.3) is 0 Å². The Kier molecular flexibility index (Phi) is 4.07. The number of carbonyl (C=O) groups is 3. The molecule has 23 heavy (non-hydrogen) atoms. The van der Waals surface area contributed by atoms with Gasteiger partial charge in [-0.15, -0.1) is 0 Å². The van der Waals surface area contributed by atoms with Crippen molar-refractivity contribution >= 4 is 34.3 Å². The lowest BCUT2D eigenvalue weighted by molar-refractivity contribution is -0.313. The van der Waals surface area contributed by atoms with Gasteiger partial charge in [-0.25, -0.2) is 9.78 Å². The first kappa shape index (κ1) is 15.9. The Morgan fingerprint density at radius 2 is 1.96 bits per heavy atom. The summed E-state index contributed by atoms with van der Waals surface area (Å²) in [6.45, 7) is 1.63. The van der Waals surface area contributed by atoms with Crippen LogP contribution in [-0.4, -0.2) is 42.1 Å². The molecule has 2 bridgehead atoms. The average molecular weight is 339 g/mol. The zero-order chi connectivity index (χ0) is 16.7. The van der Waals surface area contributed by atoms with E-state index in [1.165, 1.54) is 7.11 Å². The first-order chi connectivity index (χ1) is 10.9. The molecular formula is C14H15N2O6S-. The summed E-state index contributed by atoms with van der Waals surface area (Å²) in [6, 6.07) is 0. The van der Waals surface area contributed by atoms with Crippen molar-refractivity contribution in [3.63, 3.8) is 0 Å². The summed E-state index contributed by atoms with van der Waals surface area (Å²) in [4.78, 5) is 39.7. The molecule has 8 nitrogen and oxygen atoms in total. The molecule has 3 heterocycles. The van der Waals surface area contributed by atoms with E-state index in [4.69, 9.17) is 4.74 Å². The predicted molar refractivity (Wildman–Crippen MR) is 76.7 cm³/mol. The second-order valence-electron chi connectivity index (χ2n) is 5.58. The molecule has 2 aliphatic heterocycles. The van der Waals surface area contributed by atoms with Gasteiger partial charge >= 0.3 is 5.97 Å². The van der Waals surface area contributed by atoms with Gasteiger partial charge in [-0.3, -0.25) is 4.79 Å². The largest absolute Gasteiger partial charge is 0.550 e. The van der Waals surface area contributed by atoms with Crippen LogP contribution in [0, 0.1) is 18.8 Å². The second-order valence-corrected chi connectivity index (χ2v) is 6.57. The number of rotatable bonds is 4. The summed E-state index contributed by atoms with van der Waals surface area (Å²) in [5.74, 6) is -4.03. The molecule has 0 aliphatic carbocycles. The molecule has 1 aromatic heterocycles. The normalized spacial score (nSPS) is 28.6. The van der Waals surface area contributed by atoms with Crippen molar-refractivity contribution in [1.82, 2.24) is 4.98 Å². The smallest absolute Gasteiger partial charge is 0.350 e. The van der Waals surface area contributed by atoms with Gasteiger partial charge in [0.2, 0.25) is 5.91 Å². The van der Waals surface area contributed by atoms with E-state index in [9.17, 15) is 19.5 Å². The number of aliphatic carboxylic acids is 1. The van der Waals surface area contributed by atoms with Gasteiger partial charge < -0.3 is 24.7 Å². The van der Waals surface area contributed by atoms with E-state index in [0.717, 1.165) is 11.3 Å². The van der Waals surface area contributed by atoms with Gasteiger partial charge in [-0.1, -0.05) is 11.3 Å². The van der Waals surface area contributed by atoms with Crippen molar-refractivity contribution in [2.45, 2.75) is 32.0 Å². The SMILES string of the molecule is COC(=O)c1sc(NC(=O)[C@@H]2[C@@H](C(=O)[O-])[C@@H]3CC[C@H]2O3)nc1C. The van der Waals surface area contributed by atoms with Crippen molar-refractivity contribution in [2.75, 3.05) is 12.4 Å². The Morgan fingerprint density at radius 3 is 2.57 bits per heavy atom. The number of thiazole rings is 1. The van der Waals surface area contributed by atoms with Crippen molar-refractivity contribution in [3.05, 3.63) is 10.6 Å². The molecule has 0 aromatic carbocycles. The summed E-state index contributed by atoms with van der Waals surface area (Å²) >= 11 is 0.988. The van der Waals surface area contributed by atoms with Crippen LogP contribution in [0.1, 0.15) is 28.2 Å². The van der Waals surface area contributed by atoms with Crippen LogP contribution in [0.3, 0.4) is 0 Å². The molecule has 1 amide bonds. The quantitative estimate of drug-likeness (QED) is 0.750. The van der Waals surface area contributed by atoms with Crippen molar-refractivity contribution < 1.29 is 29.0 Å². The molecule has 1 aromatic rings. The van der Waals surface area contributed by atoms with Crippen LogP contribution < -0.4 is 10.4 Å². The van der Waals surface area contributed by atoms with Crippen LogP contribution in [-0.2, 0) is 19.1 Å². The number of nitrogens with one attached hydrogen (secondary N) is 1. The number of esters is 1. The third kappa shape index (κ3) is 2.70. The summed E-state index contributed by atoms with van der Waals surface area (Å²) in [7, 11) is 1.26. The maximum absolute atomic E-state index is 12.4. The number of carboxylic acid groups (broad SMARTS) is 1. The molecule has 2 fully saturated rings. The lowest BCUT2D eigenvalue weighted by Crippen LogP contribution is -2.46. The van der Waals surface area contributed by atoms with Crippen LogP contribution in [0.2, 0.25) is 0 Å². The number of hydrogen-bond acceptors (Lipinski definition) is 8. The van der Waals surface area contributed by atoms with Crippen LogP contribution >= 0.6 is 11.3 Å². The van der Waals surface area contributed by atoms with Crippen LogP contribution in [0.25, 0.3) is 0 Å². The van der Waals surface area contributed by atoms with Crippen LogP contribution in [0.4, 0.5) is 5.13 Å². The number of anilines is 1. The summed E-state index contributed by atoms with van der Waals surface area (Å²) in [6.07, 6.45) is 0.390. The van der Waals surface area contributed by atoms with Gasteiger partial charge in [-0.05, 0) is 19.8 Å². The van der Waals surface area contributed by atoms with E-state index >= 15 is 0 Å². The molecule has 9 heteroatoms. The molecule has 0 saturated carbocycles. The number of aryl methyl sites for hydroxylation is 1. The number of hydrogen-bond donors (Lipinski definition) is 1. The topological polar surface area (TPSA) is 118 Å². The fraction of sp³-hybridized carbons (Fsp3) is 0.571. The van der Waals surface area contributed by atoms with E-state index < -0.39 is 41.9 Å². The Morgan fingerprint density at radius 1 is 1.30 bits per heavy atom. The van der Waals surface area contributed by atoms with Gasteiger partial charge in [0, 0.05) is 11.9 Å². The van der Waals surface area contributed by atoms with Gasteiger partial charge in [0.15, 0.2) is 5.13 Å². The van der Waals surface area contributed by atoms with Gasteiger partial charge in [0.1, 0.15) is 4.88 Å². The fourth-order valence-corrected chi connectivity index (χ4v) is 4.12. The van der Waals surface area contributed by atoms with E-state index in [-0.39, 0.29) is 5.13 Å². The number of amides is 1. The van der Waals surface area contributed by atoms with E-state index in [1.54, 1.807) is 6.92 Å². The molecule has 3 rings (SSSR count). The molecule has 0 unspecified atom stereocenters. The number of nitrogens with zero attached hydrogens (tertiary/aromatic N) is 1. The molecule has 2 saturated heterocycles. The fourth-order valence-electron chi connectivity index (χ4n) is 3.23. The monoisotopic (exact) mass is 339 g/mol. The molecule has 4 atom stereocenters. The maximum atomic E-state index is 12.4. The minimum absolute atomic E-state index is 0.229. The van der Waals surface area contributed by atoms with Gasteiger partial charge in [0.05, 0.1) is 30.9 Å². The third-order valence-electron chi connectivity index (χ3n) is 4.25. The Labute approximate surface area is 135 Å². The number of fused-ring (bicyclic) bond motifs is 2. The molecule has 0 radical (unpaired) electrons. The predicted octanol–water partition coefficient (Wildman–Crippen LogP) is -0.280. The first-order valence-corrected chi connectivity index (χ1v) is 7.97. The average Bonchev–Trinajstić information content (AvgIpc) is 3.19. The minimum Gasteiger partial charge on any atom is -0.550 e. The zero-order valence-electron chi connectivity index (χ0n) is 12.5. The van der Waals surface area contributed by atoms with Crippen molar-refractivity contribution in [2.24, 2.45) is 11.8 Å². The Balaban J connectivity index is 1.77. The Bertz CT molecular complexity index is 672. The van der Waals surface area contributed by atoms with Gasteiger partial charge in [-0.2, -0.15) is 0 Å². The first-order valence-electron chi connectivity index (χ1n) is 7.15. The lowest BCUT2D eigenvalue weighted by atomic mass is 9.79. The summed E-state index contributed by atoms with van der Waals surface area (Å²) < 4.78 is 10.2. The van der Waals surface area contributed by atoms with Crippen LogP contribution in [0.15, 0.2) is 0 Å². The number of aromatic nitrogens is 1. The summed E-state index contributed by atoms with van der Waals surface area (Å²) in [5.41, 5.74) is 0.442. The van der Waals surface area contributed by atoms with E-state index in [1.807, 2.05) is 0 Å². The highest BCUT2D eigenvalue weighted by Gasteiger charge is 2.52. The molecule has 2 aliphatic rings. The van der Waals surface area contributed by atoms with Crippen molar-refractivity contribution in [3.8, 4) is 0 Å². The Hall–Kier alpha value is -2.00. The highest BCUT2D eigenvalue weighted by molar-refractivity contribution is 7.17. The highest BCUT2D eigenvalue weighted by atomic mass is 32.1. The minimum atomic E-state index is -1.28. The molecule has 0 spiro atoms. The number of carbonyl (C=O) groups excluding carboxylic acids is 3. The number of carboxylic acids is 1. The summed E-state index contributed by atoms with van der Waals surface area (Å²) in [5, 5.41) is 14.1. The maximum Gasteiger partial charge on any atom is 0.350 e. The molecular weight excluding hydrogens is 324 g/mol. The van der Waals surface area contributed by atoms with Crippen molar-refractivity contribution in [1.29, 1.82) is 0 Å². The molecule has 1 N–H and O–H groups in total. The second kappa shape index (κ2) is 5.89. The van der Waals surface area contributed by atoms with Crippen LogP contribution in [0.5, 0.6) is 0 Å². The van der Waals surface area contributed by atoms with E-state index in [0.29, 0.717) is 23.4 Å². The number of ether oxygens (including phenoxy) is 2. The lowest BCUT2D eigenvalue weighted by Gasteiger charge is -2.27. The van der Waals surface area contributed by atoms with E-state index in [2.05, 4.69) is 15.0 Å². The standard InChI is InChI=1S/C14H16N2O6S/c1-5-10(13(20)21-2)23-14(15-5)16-11(17)8-6-3-4-7(22-6)9(8)12(18)19/h6-9H,3-4H2,1-2H3,(H,18,19)(H,15,16,17)/p-1/t6-,7+,8+,9+/m1/s1. The zero-order valence-corrected chi connectivity index (χ0v) is 13.3. The molecule has 124 valence electrons.